The van der Waals surface area contributed by atoms with Crippen LogP contribution in [0.1, 0.15) is 31.7 Å². The number of phenols is 2. The third-order valence-corrected chi connectivity index (χ3v) is 5.35. The maximum absolute atomic E-state index is 12.6. The van der Waals surface area contributed by atoms with E-state index >= 15 is 0 Å². The molecule has 2 rings (SSSR count). The van der Waals surface area contributed by atoms with Gasteiger partial charge in [0.1, 0.15) is 6.29 Å². The Labute approximate surface area is 207 Å². The lowest BCUT2D eigenvalue weighted by Crippen LogP contribution is -2.40. The number of aldehydes is 1. The molecule has 1 aromatic rings. The molecule has 3 atom stereocenters. The van der Waals surface area contributed by atoms with E-state index in [4.69, 9.17) is 24.2 Å². The summed E-state index contributed by atoms with van der Waals surface area (Å²) >= 11 is 0. The molecule has 1 heterocycles. The van der Waals surface area contributed by atoms with Gasteiger partial charge in [-0.25, -0.2) is 4.79 Å². The molecule has 4 N–H and O–H groups in total. The summed E-state index contributed by atoms with van der Waals surface area (Å²) in [6.07, 6.45) is 1.83. The van der Waals surface area contributed by atoms with Crippen molar-refractivity contribution in [3.63, 3.8) is 0 Å². The number of nitrogens with one attached hydrogen (secondary N) is 1. The summed E-state index contributed by atoms with van der Waals surface area (Å²) in [5.41, 5.74) is 3.54. The monoisotopic (exact) mass is 507 g/mol. The van der Waals surface area contributed by atoms with Crippen molar-refractivity contribution in [2.75, 3.05) is 13.7 Å². The number of benzene rings is 1. The maximum Gasteiger partial charge on any atom is 0.337 e. The van der Waals surface area contributed by atoms with E-state index < -0.39 is 36.2 Å². The number of aromatic hydroxyl groups is 2. The van der Waals surface area contributed by atoms with Crippen LogP contribution in [0.15, 0.2) is 41.7 Å². The lowest BCUT2D eigenvalue weighted by molar-refractivity contribution is -0.156. The van der Waals surface area contributed by atoms with Crippen LogP contribution in [0, 0.1) is 5.92 Å². The molecule has 1 aliphatic heterocycles. The average Bonchev–Trinajstić information content (AvgIpc) is 2.85. The maximum atomic E-state index is 12.6. The number of hydrogen-bond donors (Lipinski definition) is 4. The Balaban J connectivity index is 2.05. The van der Waals surface area contributed by atoms with Crippen LogP contribution in [0.3, 0.4) is 0 Å². The van der Waals surface area contributed by atoms with Crippen LogP contribution in [-0.4, -0.2) is 65.6 Å². The van der Waals surface area contributed by atoms with Crippen LogP contribution < -0.4 is 5.48 Å². The molecular formula is C24H29NO11. The fourth-order valence-electron chi connectivity index (χ4n) is 3.42. The van der Waals surface area contributed by atoms with E-state index in [1.807, 2.05) is 0 Å². The van der Waals surface area contributed by atoms with Crippen molar-refractivity contribution >= 4 is 24.2 Å². The third kappa shape index (κ3) is 8.10. The number of ether oxygens (including phenoxy) is 3. The molecule has 0 saturated carbocycles. The summed E-state index contributed by atoms with van der Waals surface area (Å²) < 4.78 is 15.5. The number of hydrogen-bond acceptors (Lipinski definition) is 11. The number of methoxy groups -OCH3 is 1. The highest BCUT2D eigenvalue weighted by Gasteiger charge is 2.37. The first-order valence-corrected chi connectivity index (χ1v) is 11.0. The molecule has 0 aliphatic carbocycles. The van der Waals surface area contributed by atoms with E-state index in [1.165, 1.54) is 19.2 Å². The van der Waals surface area contributed by atoms with Crippen molar-refractivity contribution in [2.45, 2.75) is 44.9 Å². The second-order valence-electron chi connectivity index (χ2n) is 7.78. The third-order valence-electron chi connectivity index (χ3n) is 5.35. The van der Waals surface area contributed by atoms with Crippen molar-refractivity contribution in [3.8, 4) is 11.5 Å². The minimum absolute atomic E-state index is 0.0131. The molecule has 0 amide bonds. The average molecular weight is 507 g/mol. The van der Waals surface area contributed by atoms with Crippen LogP contribution in [0.2, 0.25) is 0 Å². The highest BCUT2D eigenvalue weighted by atomic mass is 16.8. The second kappa shape index (κ2) is 13.9. The molecule has 0 saturated heterocycles. The predicted molar refractivity (Wildman–Crippen MR) is 122 cm³/mol. The van der Waals surface area contributed by atoms with Crippen LogP contribution in [0.4, 0.5) is 0 Å². The second-order valence-corrected chi connectivity index (χ2v) is 7.78. The van der Waals surface area contributed by atoms with E-state index in [9.17, 15) is 29.4 Å². The van der Waals surface area contributed by atoms with Gasteiger partial charge in [0.2, 0.25) is 6.29 Å². The molecule has 1 aliphatic rings. The van der Waals surface area contributed by atoms with Gasteiger partial charge >= 0.3 is 17.9 Å². The van der Waals surface area contributed by atoms with Gasteiger partial charge in [0.05, 0.1) is 38.0 Å². The molecule has 0 radical (unpaired) electrons. The van der Waals surface area contributed by atoms with Gasteiger partial charge in [-0.05, 0) is 31.0 Å². The van der Waals surface area contributed by atoms with Crippen molar-refractivity contribution in [3.05, 3.63) is 47.2 Å². The number of aliphatic carboxylic acids is 1. The van der Waals surface area contributed by atoms with E-state index in [-0.39, 0.29) is 49.4 Å². The SMILES string of the molecule is C/C=C1/C(ON[C@H](C=O)CCC(=O)O)OC=C(C(=O)OC)C1CC(=O)OCCc1ccc(O)c(O)c1. The summed E-state index contributed by atoms with van der Waals surface area (Å²) in [5.74, 6) is -3.78. The number of carboxylic acids is 1. The molecule has 0 spiro atoms. The zero-order chi connectivity index (χ0) is 26.7. The Morgan fingerprint density at radius 2 is 1.97 bits per heavy atom. The van der Waals surface area contributed by atoms with E-state index in [0.717, 1.165) is 6.26 Å². The van der Waals surface area contributed by atoms with Gasteiger partial charge < -0.3 is 34.3 Å². The molecule has 0 fully saturated rings. The molecule has 0 aromatic heterocycles. The van der Waals surface area contributed by atoms with Crippen LogP contribution >= 0.6 is 0 Å². The Hall–Kier alpha value is -3.90. The lowest BCUT2D eigenvalue weighted by Gasteiger charge is -2.32. The van der Waals surface area contributed by atoms with Gasteiger partial charge in [-0.15, -0.1) is 0 Å². The van der Waals surface area contributed by atoms with Crippen molar-refractivity contribution in [1.29, 1.82) is 0 Å². The molecule has 2 unspecified atom stereocenters. The Bertz CT molecular complexity index is 1020. The number of carbonyl (C=O) groups is 4. The summed E-state index contributed by atoms with van der Waals surface area (Å²) in [5, 5.41) is 27.7. The van der Waals surface area contributed by atoms with Gasteiger partial charge in [0, 0.05) is 24.3 Å². The number of rotatable bonds is 13. The zero-order valence-corrected chi connectivity index (χ0v) is 19.8. The summed E-state index contributed by atoms with van der Waals surface area (Å²) in [4.78, 5) is 52.3. The Morgan fingerprint density at radius 3 is 2.58 bits per heavy atom. The fraction of sp³-hybridized carbons (Fsp3) is 0.417. The van der Waals surface area contributed by atoms with Gasteiger partial charge in [0.15, 0.2) is 11.5 Å². The molecule has 196 valence electrons. The van der Waals surface area contributed by atoms with Crippen LogP contribution in [-0.2, 0) is 44.6 Å². The largest absolute Gasteiger partial charge is 0.504 e. The van der Waals surface area contributed by atoms with Gasteiger partial charge in [-0.3, -0.25) is 14.4 Å². The number of allylic oxidation sites excluding steroid dienone is 1. The summed E-state index contributed by atoms with van der Waals surface area (Å²) in [7, 11) is 1.18. The number of hydroxylamine groups is 1. The summed E-state index contributed by atoms with van der Waals surface area (Å²) in [6, 6.07) is 3.34. The smallest absolute Gasteiger partial charge is 0.337 e. The highest BCUT2D eigenvalue weighted by Crippen LogP contribution is 2.34. The Morgan fingerprint density at radius 1 is 1.22 bits per heavy atom. The standard InChI is InChI=1S/C24H29NO11/c1-3-16-17(11-22(31)34-9-8-14-4-6-19(27)20(28)10-14)18(23(32)33-2)13-35-24(16)36-25-15(12-26)5-7-21(29)30/h3-4,6,10,12-13,15,17,24-25,27-28H,5,7-9,11H2,1-2H3,(H,29,30)/b16-3+/t15-,17?,24?/m0/s1. The zero-order valence-electron chi connectivity index (χ0n) is 19.8. The topological polar surface area (TPSA) is 178 Å². The molecule has 12 heteroatoms. The minimum Gasteiger partial charge on any atom is -0.504 e. The fourth-order valence-corrected chi connectivity index (χ4v) is 3.42. The first-order chi connectivity index (χ1) is 17.2. The van der Waals surface area contributed by atoms with E-state index in [0.29, 0.717) is 17.4 Å². The Kier molecular flexibility index (Phi) is 10.9. The van der Waals surface area contributed by atoms with Crippen molar-refractivity contribution in [1.82, 2.24) is 5.48 Å². The molecule has 0 bridgehead atoms. The van der Waals surface area contributed by atoms with Gasteiger partial charge in [-0.2, -0.15) is 5.48 Å². The highest BCUT2D eigenvalue weighted by molar-refractivity contribution is 5.90. The number of carbonyl (C=O) groups excluding carboxylic acids is 3. The van der Waals surface area contributed by atoms with Crippen LogP contribution in [0.5, 0.6) is 11.5 Å². The van der Waals surface area contributed by atoms with Gasteiger partial charge in [-0.1, -0.05) is 12.1 Å². The molecule has 36 heavy (non-hydrogen) atoms. The van der Waals surface area contributed by atoms with E-state index in [2.05, 4.69) is 5.48 Å². The van der Waals surface area contributed by atoms with Gasteiger partial charge in [0.25, 0.3) is 0 Å². The molecule has 12 nitrogen and oxygen atoms in total. The van der Waals surface area contributed by atoms with Crippen LogP contribution in [0.25, 0.3) is 0 Å². The number of esters is 2. The normalized spacial score (nSPS) is 19.1. The number of phenolic OH excluding ortho intramolecular Hbond substituents is 2. The lowest BCUT2D eigenvalue weighted by atomic mass is 9.86. The predicted octanol–water partition coefficient (Wildman–Crippen LogP) is 1.50. The quantitative estimate of drug-likeness (QED) is 0.0996. The van der Waals surface area contributed by atoms with Crippen molar-refractivity contribution in [2.24, 2.45) is 5.92 Å². The van der Waals surface area contributed by atoms with E-state index in [1.54, 1.807) is 19.1 Å². The first kappa shape index (κ1) is 28.3. The first-order valence-electron chi connectivity index (χ1n) is 11.0. The summed E-state index contributed by atoms with van der Waals surface area (Å²) in [6.45, 7) is 1.63. The molecule has 1 aromatic carbocycles. The number of carboxylic acid groups (broad SMARTS) is 1. The minimum atomic E-state index is -1.12. The molecular weight excluding hydrogens is 478 g/mol. The van der Waals surface area contributed by atoms with Crippen molar-refractivity contribution < 1.29 is 53.5 Å².